The monoisotopic (exact) mass is 262 g/mol. The van der Waals surface area contributed by atoms with Gasteiger partial charge in [0.1, 0.15) is 11.5 Å². The van der Waals surface area contributed by atoms with Crippen LogP contribution in [0.5, 0.6) is 11.5 Å². The molecule has 0 bridgehead atoms. The lowest BCUT2D eigenvalue weighted by Crippen LogP contribution is -2.36. The van der Waals surface area contributed by atoms with Gasteiger partial charge in [-0.1, -0.05) is 0 Å². The molecule has 0 saturated carbocycles. The predicted octanol–water partition coefficient (Wildman–Crippen LogP) is 0.553. The Morgan fingerprint density at radius 1 is 1.05 bits per heavy atom. The van der Waals surface area contributed by atoms with Gasteiger partial charge in [0.2, 0.25) is 0 Å². The average Bonchev–Trinajstić information content (AvgIpc) is 2.44. The number of methoxy groups -OCH3 is 2. The SMILES string of the molecule is COc1ccc(-n2ccc(=O)n(C)c2=O)c(OC)c1. The van der Waals surface area contributed by atoms with Crippen LogP contribution in [0, 0.1) is 0 Å². The smallest absolute Gasteiger partial charge is 0.335 e. The fourth-order valence-electron chi connectivity index (χ4n) is 1.74. The van der Waals surface area contributed by atoms with E-state index in [4.69, 9.17) is 9.47 Å². The molecule has 0 aliphatic heterocycles. The second kappa shape index (κ2) is 5.01. The third kappa shape index (κ3) is 2.24. The number of hydrogen-bond donors (Lipinski definition) is 0. The first-order valence-electron chi connectivity index (χ1n) is 5.59. The van der Waals surface area contributed by atoms with Crippen LogP contribution in [0.25, 0.3) is 5.69 Å². The Kier molecular flexibility index (Phi) is 3.41. The van der Waals surface area contributed by atoms with Gasteiger partial charge in [-0.3, -0.25) is 13.9 Å². The first kappa shape index (κ1) is 12.9. The number of aromatic nitrogens is 2. The van der Waals surface area contributed by atoms with Gasteiger partial charge in [-0.25, -0.2) is 4.79 Å². The number of hydrogen-bond acceptors (Lipinski definition) is 4. The van der Waals surface area contributed by atoms with Crippen LogP contribution >= 0.6 is 0 Å². The normalized spacial score (nSPS) is 10.3. The Labute approximate surface area is 109 Å². The molecule has 100 valence electrons. The van der Waals surface area contributed by atoms with E-state index in [1.54, 1.807) is 25.3 Å². The molecule has 0 saturated heterocycles. The van der Waals surface area contributed by atoms with Crippen LogP contribution in [0.2, 0.25) is 0 Å². The van der Waals surface area contributed by atoms with Crippen molar-refractivity contribution < 1.29 is 9.47 Å². The van der Waals surface area contributed by atoms with Crippen molar-refractivity contribution in [2.24, 2.45) is 7.05 Å². The number of rotatable bonds is 3. The van der Waals surface area contributed by atoms with Crippen molar-refractivity contribution in [1.82, 2.24) is 9.13 Å². The van der Waals surface area contributed by atoms with Crippen LogP contribution in [0.3, 0.4) is 0 Å². The van der Waals surface area contributed by atoms with Crippen LogP contribution in [-0.4, -0.2) is 23.4 Å². The summed E-state index contributed by atoms with van der Waals surface area (Å²) < 4.78 is 12.7. The summed E-state index contributed by atoms with van der Waals surface area (Å²) in [5.74, 6) is 1.11. The second-order valence-corrected chi connectivity index (χ2v) is 3.90. The lowest BCUT2D eigenvalue weighted by atomic mass is 10.2. The Hall–Kier alpha value is -2.50. The molecule has 0 fully saturated rings. The van der Waals surface area contributed by atoms with E-state index in [0.717, 1.165) is 4.57 Å². The van der Waals surface area contributed by atoms with Crippen LogP contribution in [0.4, 0.5) is 0 Å². The van der Waals surface area contributed by atoms with Gasteiger partial charge in [0.05, 0.1) is 19.9 Å². The largest absolute Gasteiger partial charge is 0.497 e. The lowest BCUT2D eigenvalue weighted by Gasteiger charge is -2.12. The Balaban J connectivity index is 2.69. The summed E-state index contributed by atoms with van der Waals surface area (Å²) in [4.78, 5) is 23.4. The van der Waals surface area contributed by atoms with Gasteiger partial charge < -0.3 is 9.47 Å². The van der Waals surface area contributed by atoms with Gasteiger partial charge in [0.25, 0.3) is 5.56 Å². The quantitative estimate of drug-likeness (QED) is 0.810. The molecule has 0 aliphatic carbocycles. The first-order chi connectivity index (χ1) is 9.08. The van der Waals surface area contributed by atoms with Gasteiger partial charge in [-0.05, 0) is 12.1 Å². The van der Waals surface area contributed by atoms with Gasteiger partial charge in [0.15, 0.2) is 0 Å². The summed E-state index contributed by atoms with van der Waals surface area (Å²) in [6, 6.07) is 6.41. The van der Waals surface area contributed by atoms with E-state index in [0.29, 0.717) is 17.2 Å². The molecule has 1 aromatic heterocycles. The molecule has 0 unspecified atom stereocenters. The van der Waals surface area contributed by atoms with Crippen LogP contribution < -0.4 is 20.7 Å². The maximum Gasteiger partial charge on any atom is 0.335 e. The Morgan fingerprint density at radius 3 is 2.42 bits per heavy atom. The zero-order valence-electron chi connectivity index (χ0n) is 10.9. The van der Waals surface area contributed by atoms with Crippen molar-refractivity contribution in [3.05, 3.63) is 51.3 Å². The number of benzene rings is 1. The second-order valence-electron chi connectivity index (χ2n) is 3.90. The average molecular weight is 262 g/mol. The highest BCUT2D eigenvalue weighted by molar-refractivity contribution is 5.50. The molecule has 1 aromatic carbocycles. The molecule has 0 aliphatic rings. The molecule has 6 heteroatoms. The molecule has 2 rings (SSSR count). The molecular weight excluding hydrogens is 248 g/mol. The maximum absolute atomic E-state index is 12.1. The molecule has 0 atom stereocenters. The molecule has 6 nitrogen and oxygen atoms in total. The zero-order chi connectivity index (χ0) is 14.0. The molecule has 0 radical (unpaired) electrons. The summed E-state index contributed by atoms with van der Waals surface area (Å²) in [7, 11) is 4.48. The van der Waals surface area contributed by atoms with Crippen molar-refractivity contribution in [1.29, 1.82) is 0 Å². The van der Waals surface area contributed by atoms with Gasteiger partial charge in [-0.15, -0.1) is 0 Å². The van der Waals surface area contributed by atoms with Gasteiger partial charge in [0, 0.05) is 25.4 Å². The van der Waals surface area contributed by atoms with Crippen molar-refractivity contribution in [3.8, 4) is 17.2 Å². The Morgan fingerprint density at radius 2 is 1.79 bits per heavy atom. The van der Waals surface area contributed by atoms with Crippen LogP contribution in [0.1, 0.15) is 0 Å². The fraction of sp³-hybridized carbons (Fsp3) is 0.231. The summed E-state index contributed by atoms with van der Waals surface area (Å²) in [6.07, 6.45) is 1.43. The summed E-state index contributed by atoms with van der Waals surface area (Å²) in [5, 5.41) is 0. The summed E-state index contributed by atoms with van der Waals surface area (Å²) in [6.45, 7) is 0. The molecular formula is C13H14N2O4. The summed E-state index contributed by atoms with van der Waals surface area (Å²) >= 11 is 0. The van der Waals surface area contributed by atoms with Crippen LogP contribution in [-0.2, 0) is 7.05 Å². The minimum Gasteiger partial charge on any atom is -0.497 e. The molecule has 19 heavy (non-hydrogen) atoms. The number of nitrogens with zero attached hydrogens (tertiary/aromatic N) is 2. The third-order valence-electron chi connectivity index (χ3n) is 2.84. The van der Waals surface area contributed by atoms with E-state index in [1.165, 1.54) is 31.0 Å². The van der Waals surface area contributed by atoms with E-state index >= 15 is 0 Å². The molecule has 0 spiro atoms. The zero-order valence-corrected chi connectivity index (χ0v) is 10.9. The fourth-order valence-corrected chi connectivity index (χ4v) is 1.74. The molecule has 1 heterocycles. The molecule has 0 N–H and O–H groups in total. The summed E-state index contributed by atoms with van der Waals surface area (Å²) in [5.41, 5.74) is -0.242. The highest BCUT2D eigenvalue weighted by atomic mass is 16.5. The first-order valence-corrected chi connectivity index (χ1v) is 5.59. The third-order valence-corrected chi connectivity index (χ3v) is 2.84. The molecule has 0 amide bonds. The van der Waals surface area contributed by atoms with Crippen molar-refractivity contribution in [2.75, 3.05) is 14.2 Å². The highest BCUT2D eigenvalue weighted by Gasteiger charge is 2.10. The Bertz CT molecular complexity index is 715. The molecule has 2 aromatic rings. The topological polar surface area (TPSA) is 62.5 Å². The van der Waals surface area contributed by atoms with E-state index in [9.17, 15) is 9.59 Å². The minimum atomic E-state index is -0.434. The maximum atomic E-state index is 12.1. The van der Waals surface area contributed by atoms with E-state index in [-0.39, 0.29) is 5.56 Å². The highest BCUT2D eigenvalue weighted by Crippen LogP contribution is 2.26. The predicted molar refractivity (Wildman–Crippen MR) is 70.4 cm³/mol. The van der Waals surface area contributed by atoms with Gasteiger partial charge in [-0.2, -0.15) is 0 Å². The standard InChI is InChI=1S/C13H14N2O4/c1-14-12(16)6-7-15(13(14)17)10-5-4-9(18-2)8-11(10)19-3/h4-8H,1-3H3. The number of ether oxygens (including phenoxy) is 2. The van der Waals surface area contributed by atoms with E-state index in [1.807, 2.05) is 0 Å². The lowest BCUT2D eigenvalue weighted by molar-refractivity contribution is 0.392. The minimum absolute atomic E-state index is 0.353. The van der Waals surface area contributed by atoms with Crippen molar-refractivity contribution >= 4 is 0 Å². The van der Waals surface area contributed by atoms with Crippen molar-refractivity contribution in [3.63, 3.8) is 0 Å². The van der Waals surface area contributed by atoms with E-state index < -0.39 is 5.69 Å². The van der Waals surface area contributed by atoms with Crippen molar-refractivity contribution in [2.45, 2.75) is 0 Å². The van der Waals surface area contributed by atoms with E-state index in [2.05, 4.69) is 0 Å². The van der Waals surface area contributed by atoms with Gasteiger partial charge >= 0.3 is 5.69 Å². The van der Waals surface area contributed by atoms with Crippen LogP contribution in [0.15, 0.2) is 40.1 Å².